The highest BCUT2D eigenvalue weighted by atomic mass is 16.6. The van der Waals surface area contributed by atoms with Crippen LogP contribution in [-0.2, 0) is 9.53 Å². The van der Waals surface area contributed by atoms with Crippen LogP contribution in [0.4, 0.5) is 0 Å². The Hall–Kier alpha value is -0.570. The summed E-state index contributed by atoms with van der Waals surface area (Å²) in [5.41, 5.74) is -1.18. The Bertz CT molecular complexity index is 144. The van der Waals surface area contributed by atoms with Crippen LogP contribution in [-0.4, -0.2) is 23.3 Å². The molecule has 0 aromatic carbocycles. The second-order valence-corrected chi connectivity index (χ2v) is 2.62. The quantitative estimate of drug-likeness (QED) is 0.544. The number of hydrogen-bond acceptors (Lipinski definition) is 3. The Kier molecular flexibility index (Phi) is 1.94. The summed E-state index contributed by atoms with van der Waals surface area (Å²) in [6, 6.07) is 0. The number of hydrogen-bond donors (Lipinski definition) is 1. The minimum atomic E-state index is -1.18. The minimum Gasteiger partial charge on any atom is -0.464 e. The first-order valence-electron chi connectivity index (χ1n) is 3.58. The zero-order valence-corrected chi connectivity index (χ0v) is 6.09. The highest BCUT2D eigenvalue weighted by Gasteiger charge is 2.37. The van der Waals surface area contributed by atoms with Crippen LogP contribution in [0.2, 0.25) is 0 Å². The number of ether oxygens (including phenoxy) is 1. The highest BCUT2D eigenvalue weighted by molar-refractivity contribution is 5.79. The van der Waals surface area contributed by atoms with Crippen molar-refractivity contribution in [3.8, 4) is 0 Å². The molecular weight excluding hydrogens is 132 g/mol. The van der Waals surface area contributed by atoms with E-state index in [4.69, 9.17) is 4.74 Å². The Balaban J connectivity index is 2.63. The van der Waals surface area contributed by atoms with Gasteiger partial charge in [-0.3, -0.25) is 0 Å². The third-order valence-electron chi connectivity index (χ3n) is 1.93. The summed E-state index contributed by atoms with van der Waals surface area (Å²) in [6.45, 7) is 2.24. The van der Waals surface area contributed by atoms with Crippen molar-refractivity contribution < 1.29 is 14.6 Å². The van der Waals surface area contributed by atoms with E-state index in [1.807, 2.05) is 0 Å². The molecule has 0 aliphatic carbocycles. The number of esters is 1. The number of carbonyl (C=O) groups excluding carboxylic acids is 1. The number of aliphatic hydroxyl groups is 1. The van der Waals surface area contributed by atoms with Gasteiger partial charge >= 0.3 is 5.97 Å². The van der Waals surface area contributed by atoms with E-state index in [0.717, 1.165) is 6.42 Å². The molecule has 1 rings (SSSR count). The number of cyclic esters (lactones) is 1. The van der Waals surface area contributed by atoms with Crippen molar-refractivity contribution in [2.45, 2.75) is 31.8 Å². The fourth-order valence-electron chi connectivity index (χ4n) is 1.09. The fourth-order valence-corrected chi connectivity index (χ4v) is 1.09. The van der Waals surface area contributed by atoms with Gasteiger partial charge in [0.15, 0.2) is 5.60 Å². The van der Waals surface area contributed by atoms with Gasteiger partial charge in [-0.1, -0.05) is 6.92 Å². The summed E-state index contributed by atoms with van der Waals surface area (Å²) >= 11 is 0. The minimum absolute atomic E-state index is 0.450. The third kappa shape index (κ3) is 1.14. The van der Waals surface area contributed by atoms with Crippen LogP contribution < -0.4 is 0 Å². The van der Waals surface area contributed by atoms with E-state index < -0.39 is 11.6 Å². The summed E-state index contributed by atoms with van der Waals surface area (Å²) in [7, 11) is 0. The SMILES string of the molecule is CC[C@]1(O)CCCOC1=O. The molecule has 1 aliphatic heterocycles. The molecule has 3 heteroatoms. The molecule has 0 spiro atoms. The van der Waals surface area contributed by atoms with Crippen LogP contribution in [0.1, 0.15) is 26.2 Å². The van der Waals surface area contributed by atoms with Crippen molar-refractivity contribution in [3.63, 3.8) is 0 Å². The lowest BCUT2D eigenvalue weighted by molar-refractivity contribution is -0.173. The topological polar surface area (TPSA) is 46.5 Å². The van der Waals surface area contributed by atoms with E-state index in [1.54, 1.807) is 6.92 Å². The van der Waals surface area contributed by atoms with Crippen molar-refractivity contribution >= 4 is 5.97 Å². The molecule has 0 radical (unpaired) electrons. The zero-order valence-electron chi connectivity index (χ0n) is 6.09. The van der Waals surface area contributed by atoms with Crippen molar-refractivity contribution in [3.05, 3.63) is 0 Å². The maximum atomic E-state index is 10.9. The first kappa shape index (κ1) is 7.54. The van der Waals surface area contributed by atoms with E-state index in [0.29, 0.717) is 19.4 Å². The van der Waals surface area contributed by atoms with Gasteiger partial charge in [-0.05, 0) is 19.3 Å². The summed E-state index contributed by atoms with van der Waals surface area (Å²) in [5, 5.41) is 9.47. The molecule has 1 saturated heterocycles. The lowest BCUT2D eigenvalue weighted by Gasteiger charge is -2.28. The van der Waals surface area contributed by atoms with Gasteiger partial charge in [0.1, 0.15) is 0 Å². The molecule has 1 heterocycles. The van der Waals surface area contributed by atoms with Gasteiger partial charge < -0.3 is 9.84 Å². The molecule has 0 amide bonds. The van der Waals surface area contributed by atoms with Gasteiger partial charge in [0.2, 0.25) is 0 Å². The van der Waals surface area contributed by atoms with Crippen LogP contribution in [0.25, 0.3) is 0 Å². The van der Waals surface area contributed by atoms with Crippen LogP contribution in [0.15, 0.2) is 0 Å². The van der Waals surface area contributed by atoms with Crippen LogP contribution in [0, 0.1) is 0 Å². The fraction of sp³-hybridized carbons (Fsp3) is 0.857. The molecular formula is C7H12O3. The van der Waals surface area contributed by atoms with Gasteiger partial charge in [-0.2, -0.15) is 0 Å². The lowest BCUT2D eigenvalue weighted by atomic mass is 9.93. The average molecular weight is 144 g/mol. The van der Waals surface area contributed by atoms with Crippen molar-refractivity contribution in [1.82, 2.24) is 0 Å². The molecule has 3 nitrogen and oxygen atoms in total. The van der Waals surface area contributed by atoms with Crippen LogP contribution in [0.3, 0.4) is 0 Å². The monoisotopic (exact) mass is 144 g/mol. The Morgan fingerprint density at radius 2 is 2.50 bits per heavy atom. The number of rotatable bonds is 1. The smallest absolute Gasteiger partial charge is 0.338 e. The van der Waals surface area contributed by atoms with E-state index in [9.17, 15) is 9.90 Å². The van der Waals surface area contributed by atoms with E-state index in [1.165, 1.54) is 0 Å². The Morgan fingerprint density at radius 3 is 2.90 bits per heavy atom. The molecule has 0 aromatic rings. The zero-order chi connectivity index (χ0) is 7.61. The second kappa shape index (κ2) is 2.58. The first-order chi connectivity index (χ1) is 4.69. The van der Waals surface area contributed by atoms with Gasteiger partial charge in [0, 0.05) is 0 Å². The summed E-state index contributed by atoms with van der Waals surface area (Å²) < 4.78 is 4.70. The summed E-state index contributed by atoms with van der Waals surface area (Å²) in [6.07, 6.45) is 1.77. The maximum absolute atomic E-state index is 10.9. The Morgan fingerprint density at radius 1 is 1.80 bits per heavy atom. The largest absolute Gasteiger partial charge is 0.464 e. The van der Waals surface area contributed by atoms with E-state index >= 15 is 0 Å². The lowest BCUT2D eigenvalue weighted by Crippen LogP contribution is -2.43. The van der Waals surface area contributed by atoms with Gasteiger partial charge in [-0.25, -0.2) is 4.79 Å². The predicted octanol–water partition coefficient (Wildman–Crippen LogP) is 0.464. The van der Waals surface area contributed by atoms with Gasteiger partial charge in [-0.15, -0.1) is 0 Å². The summed E-state index contributed by atoms with van der Waals surface area (Å²) in [5.74, 6) is -0.457. The molecule has 1 fully saturated rings. The Labute approximate surface area is 60.0 Å². The summed E-state index contributed by atoms with van der Waals surface area (Å²) in [4.78, 5) is 10.9. The van der Waals surface area contributed by atoms with Crippen molar-refractivity contribution in [2.75, 3.05) is 6.61 Å². The first-order valence-corrected chi connectivity index (χ1v) is 3.58. The number of carbonyl (C=O) groups is 1. The average Bonchev–Trinajstić information content (AvgIpc) is 1.96. The highest BCUT2D eigenvalue weighted by Crippen LogP contribution is 2.22. The van der Waals surface area contributed by atoms with Crippen molar-refractivity contribution in [1.29, 1.82) is 0 Å². The molecule has 1 aliphatic rings. The molecule has 58 valence electrons. The molecule has 0 bridgehead atoms. The van der Waals surface area contributed by atoms with Crippen LogP contribution >= 0.6 is 0 Å². The van der Waals surface area contributed by atoms with Gasteiger partial charge in [0.25, 0.3) is 0 Å². The second-order valence-electron chi connectivity index (χ2n) is 2.62. The predicted molar refractivity (Wildman–Crippen MR) is 35.4 cm³/mol. The molecule has 0 aromatic heterocycles. The standard InChI is InChI=1S/C7H12O3/c1-2-7(9)4-3-5-10-6(7)8/h9H,2-5H2,1H3/t7-/m0/s1. The van der Waals surface area contributed by atoms with E-state index in [-0.39, 0.29) is 0 Å². The maximum Gasteiger partial charge on any atom is 0.338 e. The van der Waals surface area contributed by atoms with Gasteiger partial charge in [0.05, 0.1) is 6.61 Å². The molecule has 1 atom stereocenters. The van der Waals surface area contributed by atoms with E-state index in [2.05, 4.69) is 0 Å². The molecule has 0 unspecified atom stereocenters. The van der Waals surface area contributed by atoms with Crippen molar-refractivity contribution in [2.24, 2.45) is 0 Å². The molecule has 0 saturated carbocycles. The normalized spacial score (nSPS) is 33.6. The molecule has 10 heavy (non-hydrogen) atoms. The molecule has 1 N–H and O–H groups in total. The third-order valence-corrected chi connectivity index (χ3v) is 1.93. The van der Waals surface area contributed by atoms with Crippen LogP contribution in [0.5, 0.6) is 0 Å².